The van der Waals surface area contributed by atoms with E-state index in [-0.39, 0.29) is 6.04 Å². The third kappa shape index (κ3) is 4.94. The molecule has 1 aromatic rings. The van der Waals surface area contributed by atoms with Gasteiger partial charge in [0, 0.05) is 25.7 Å². The van der Waals surface area contributed by atoms with Crippen LogP contribution in [-0.2, 0) is 4.74 Å². The van der Waals surface area contributed by atoms with Crippen molar-refractivity contribution in [3.8, 4) is 0 Å². The summed E-state index contributed by atoms with van der Waals surface area (Å²) in [5.41, 5.74) is 7.57. The maximum Gasteiger partial charge on any atom is 0.0615 e. The van der Waals surface area contributed by atoms with Crippen molar-refractivity contribution in [2.75, 3.05) is 26.8 Å². The fourth-order valence-electron chi connectivity index (χ4n) is 2.45. The molecular weight excluding hydrogens is 236 g/mol. The monoisotopic (exact) mass is 264 g/mol. The van der Waals surface area contributed by atoms with Crippen LogP contribution in [0.15, 0.2) is 30.3 Å². The van der Waals surface area contributed by atoms with Crippen LogP contribution in [-0.4, -0.2) is 37.7 Å². The van der Waals surface area contributed by atoms with Crippen molar-refractivity contribution < 1.29 is 4.74 Å². The summed E-state index contributed by atoms with van der Waals surface area (Å²) >= 11 is 0. The number of benzene rings is 1. The summed E-state index contributed by atoms with van der Waals surface area (Å²) in [6, 6.07) is 10.9. The van der Waals surface area contributed by atoms with Gasteiger partial charge in [-0.3, -0.25) is 4.90 Å². The Labute approximate surface area is 117 Å². The van der Waals surface area contributed by atoms with E-state index >= 15 is 0 Å². The van der Waals surface area contributed by atoms with Gasteiger partial charge >= 0.3 is 0 Å². The van der Waals surface area contributed by atoms with Gasteiger partial charge in [-0.15, -0.1) is 0 Å². The van der Waals surface area contributed by atoms with Crippen molar-refractivity contribution in [3.05, 3.63) is 35.9 Å². The van der Waals surface area contributed by atoms with Crippen molar-refractivity contribution in [2.24, 2.45) is 11.7 Å². The zero-order valence-corrected chi connectivity index (χ0v) is 12.7. The van der Waals surface area contributed by atoms with E-state index < -0.39 is 0 Å². The Kier molecular flexibility index (Phi) is 7.06. The summed E-state index contributed by atoms with van der Waals surface area (Å²) in [6.45, 7) is 9.40. The molecule has 2 N–H and O–H groups in total. The van der Waals surface area contributed by atoms with Crippen LogP contribution < -0.4 is 5.73 Å². The molecule has 0 fully saturated rings. The average molecular weight is 264 g/mol. The van der Waals surface area contributed by atoms with Gasteiger partial charge < -0.3 is 10.5 Å². The number of methoxy groups -OCH3 is 1. The van der Waals surface area contributed by atoms with Crippen molar-refractivity contribution >= 4 is 0 Å². The number of ether oxygens (including phenoxy) is 1. The summed E-state index contributed by atoms with van der Waals surface area (Å²) in [6.07, 6.45) is 0. The minimum atomic E-state index is 0.0880. The quantitative estimate of drug-likeness (QED) is 0.784. The standard InChI is InChI=1S/C16H28N2O/c1-5-18(14(3)12-19-4)11-13(2)16(17)15-9-7-6-8-10-15/h6-10,13-14,16H,5,11-12,17H2,1-4H3. The number of rotatable bonds is 8. The highest BCUT2D eigenvalue weighted by Crippen LogP contribution is 2.20. The highest BCUT2D eigenvalue weighted by Gasteiger charge is 2.20. The number of nitrogens with two attached hydrogens (primary N) is 1. The molecule has 3 heteroatoms. The molecule has 108 valence electrons. The zero-order chi connectivity index (χ0) is 14.3. The Hall–Kier alpha value is -0.900. The summed E-state index contributed by atoms with van der Waals surface area (Å²) < 4.78 is 5.24. The molecule has 0 saturated heterocycles. The molecule has 0 spiro atoms. The van der Waals surface area contributed by atoms with E-state index in [1.165, 1.54) is 5.56 Å². The summed E-state index contributed by atoms with van der Waals surface area (Å²) in [4.78, 5) is 2.43. The van der Waals surface area contributed by atoms with Gasteiger partial charge in [0.1, 0.15) is 0 Å². The lowest BCUT2D eigenvalue weighted by molar-refractivity contribution is 0.0903. The topological polar surface area (TPSA) is 38.5 Å². The van der Waals surface area contributed by atoms with E-state index in [0.29, 0.717) is 12.0 Å². The van der Waals surface area contributed by atoms with Crippen LogP contribution in [0.25, 0.3) is 0 Å². The van der Waals surface area contributed by atoms with Gasteiger partial charge in [0.2, 0.25) is 0 Å². The lowest BCUT2D eigenvalue weighted by Gasteiger charge is -2.32. The molecule has 0 aliphatic heterocycles. The van der Waals surface area contributed by atoms with Crippen LogP contribution in [0.3, 0.4) is 0 Å². The molecule has 0 amide bonds. The van der Waals surface area contributed by atoms with Gasteiger partial charge in [-0.1, -0.05) is 44.2 Å². The molecule has 1 aromatic carbocycles. The van der Waals surface area contributed by atoms with E-state index in [4.69, 9.17) is 10.5 Å². The molecule has 1 rings (SSSR count). The second kappa shape index (κ2) is 8.31. The number of hydrogen-bond acceptors (Lipinski definition) is 3. The van der Waals surface area contributed by atoms with Crippen LogP contribution in [0.4, 0.5) is 0 Å². The Morgan fingerprint density at radius 2 is 1.84 bits per heavy atom. The zero-order valence-electron chi connectivity index (χ0n) is 12.7. The molecule has 3 unspecified atom stereocenters. The molecule has 0 aliphatic rings. The van der Waals surface area contributed by atoms with Crippen molar-refractivity contribution in [1.29, 1.82) is 0 Å². The van der Waals surface area contributed by atoms with Crippen LogP contribution in [0.2, 0.25) is 0 Å². The van der Waals surface area contributed by atoms with Crippen molar-refractivity contribution in [1.82, 2.24) is 4.90 Å². The molecule has 0 bridgehead atoms. The second-order valence-corrected chi connectivity index (χ2v) is 5.31. The highest BCUT2D eigenvalue weighted by atomic mass is 16.5. The van der Waals surface area contributed by atoms with Crippen molar-refractivity contribution in [2.45, 2.75) is 32.9 Å². The lowest BCUT2D eigenvalue weighted by Crippen LogP contribution is -2.41. The molecule has 3 nitrogen and oxygen atoms in total. The second-order valence-electron chi connectivity index (χ2n) is 5.31. The predicted molar refractivity (Wildman–Crippen MR) is 81.1 cm³/mol. The van der Waals surface area contributed by atoms with Gasteiger partial charge in [0.15, 0.2) is 0 Å². The Morgan fingerprint density at radius 1 is 1.21 bits per heavy atom. The molecule has 0 saturated carbocycles. The minimum Gasteiger partial charge on any atom is -0.383 e. The van der Waals surface area contributed by atoms with Gasteiger partial charge in [0.05, 0.1) is 6.61 Å². The fourth-order valence-corrected chi connectivity index (χ4v) is 2.45. The van der Waals surface area contributed by atoms with Gasteiger partial charge in [-0.25, -0.2) is 0 Å². The Balaban J connectivity index is 2.59. The minimum absolute atomic E-state index is 0.0880. The van der Waals surface area contributed by atoms with E-state index in [0.717, 1.165) is 19.7 Å². The Bertz CT molecular complexity index is 342. The average Bonchev–Trinajstić information content (AvgIpc) is 2.44. The molecule has 19 heavy (non-hydrogen) atoms. The van der Waals surface area contributed by atoms with Crippen LogP contribution >= 0.6 is 0 Å². The predicted octanol–water partition coefficient (Wildman–Crippen LogP) is 2.68. The highest BCUT2D eigenvalue weighted by molar-refractivity contribution is 5.19. The summed E-state index contributed by atoms with van der Waals surface area (Å²) in [5.74, 6) is 0.418. The van der Waals surface area contributed by atoms with Crippen LogP contribution in [0, 0.1) is 5.92 Å². The Morgan fingerprint density at radius 3 is 2.37 bits per heavy atom. The largest absolute Gasteiger partial charge is 0.383 e. The summed E-state index contributed by atoms with van der Waals surface area (Å²) in [7, 11) is 1.75. The third-order valence-electron chi connectivity index (χ3n) is 3.76. The first-order chi connectivity index (χ1) is 9.10. The fraction of sp³-hybridized carbons (Fsp3) is 0.625. The molecule has 0 aliphatic carbocycles. The van der Waals surface area contributed by atoms with Crippen molar-refractivity contribution in [3.63, 3.8) is 0 Å². The molecule has 0 radical (unpaired) electrons. The van der Waals surface area contributed by atoms with Gasteiger partial charge in [-0.05, 0) is 24.9 Å². The van der Waals surface area contributed by atoms with Crippen LogP contribution in [0.1, 0.15) is 32.4 Å². The first kappa shape index (κ1) is 16.2. The third-order valence-corrected chi connectivity index (χ3v) is 3.76. The molecule has 3 atom stereocenters. The van der Waals surface area contributed by atoms with E-state index in [2.05, 4.69) is 37.8 Å². The number of hydrogen-bond donors (Lipinski definition) is 1. The lowest BCUT2D eigenvalue weighted by atomic mass is 9.94. The maximum absolute atomic E-state index is 6.36. The van der Waals surface area contributed by atoms with Gasteiger partial charge in [-0.2, -0.15) is 0 Å². The smallest absolute Gasteiger partial charge is 0.0615 e. The first-order valence-electron chi connectivity index (χ1n) is 7.13. The summed E-state index contributed by atoms with van der Waals surface area (Å²) in [5, 5.41) is 0. The molecular formula is C16H28N2O. The molecule has 0 heterocycles. The van der Waals surface area contributed by atoms with E-state index in [1.807, 2.05) is 18.2 Å². The van der Waals surface area contributed by atoms with Crippen LogP contribution in [0.5, 0.6) is 0 Å². The SMILES string of the molecule is CCN(CC(C)C(N)c1ccccc1)C(C)COC. The first-order valence-corrected chi connectivity index (χ1v) is 7.13. The van der Waals surface area contributed by atoms with E-state index in [1.54, 1.807) is 7.11 Å². The number of likely N-dealkylation sites (N-methyl/N-ethyl adjacent to an activating group) is 1. The van der Waals surface area contributed by atoms with E-state index in [9.17, 15) is 0 Å². The number of nitrogens with zero attached hydrogens (tertiary/aromatic N) is 1. The normalized spacial score (nSPS) is 16.3. The molecule has 0 aromatic heterocycles. The maximum atomic E-state index is 6.36. The van der Waals surface area contributed by atoms with Gasteiger partial charge in [0.25, 0.3) is 0 Å².